The van der Waals surface area contributed by atoms with E-state index in [0.717, 1.165) is 10.5 Å². The summed E-state index contributed by atoms with van der Waals surface area (Å²) in [7, 11) is 0. The van der Waals surface area contributed by atoms with Crippen molar-refractivity contribution in [3.8, 4) is 0 Å². The molecular formula is C13H9BrClFN2O2. The maximum absolute atomic E-state index is 13.9. The van der Waals surface area contributed by atoms with Crippen LogP contribution in [0.2, 0.25) is 5.02 Å². The molecule has 0 aliphatic heterocycles. The summed E-state index contributed by atoms with van der Waals surface area (Å²) in [6.07, 6.45) is 0. The third-order valence-electron chi connectivity index (χ3n) is 2.65. The smallest absolute Gasteiger partial charge is 0.305 e. The predicted octanol–water partition coefficient (Wildman–Crippen LogP) is 4.76. The van der Waals surface area contributed by atoms with Gasteiger partial charge in [0.15, 0.2) is 0 Å². The lowest BCUT2D eigenvalue weighted by atomic mass is 10.2. The largest absolute Gasteiger partial charge is 0.380 e. The number of halogens is 3. The third kappa shape index (κ3) is 3.26. The number of nitrogens with zero attached hydrogens (tertiary/aromatic N) is 1. The summed E-state index contributed by atoms with van der Waals surface area (Å²) in [5.74, 6) is -0.837. The molecule has 0 spiro atoms. The number of nitro benzene ring substituents is 1. The van der Waals surface area contributed by atoms with E-state index in [-0.39, 0.29) is 12.1 Å². The summed E-state index contributed by atoms with van der Waals surface area (Å²) >= 11 is 9.30. The zero-order chi connectivity index (χ0) is 14.7. The highest BCUT2D eigenvalue weighted by molar-refractivity contribution is 9.10. The molecule has 7 heteroatoms. The van der Waals surface area contributed by atoms with Gasteiger partial charge in [0.05, 0.1) is 15.6 Å². The van der Waals surface area contributed by atoms with Gasteiger partial charge in [0.1, 0.15) is 0 Å². The standard InChI is InChI=1S/C13H9BrClFN2O2/c14-9-4-5-10(15)11(6-9)17-7-8-2-1-3-12(13(8)16)18(19)20/h1-6,17H,7H2. The van der Waals surface area contributed by atoms with Gasteiger partial charge in [-0.1, -0.05) is 39.7 Å². The van der Waals surface area contributed by atoms with E-state index in [1.807, 2.05) is 0 Å². The lowest BCUT2D eigenvalue weighted by molar-refractivity contribution is -0.387. The molecule has 0 bridgehead atoms. The first-order valence-electron chi connectivity index (χ1n) is 5.59. The van der Waals surface area contributed by atoms with E-state index in [0.29, 0.717) is 10.7 Å². The van der Waals surface area contributed by atoms with Crippen molar-refractivity contribution in [1.29, 1.82) is 0 Å². The zero-order valence-corrected chi connectivity index (χ0v) is 12.4. The minimum atomic E-state index is -0.837. The molecular weight excluding hydrogens is 351 g/mol. The summed E-state index contributed by atoms with van der Waals surface area (Å²) in [6.45, 7) is 0.101. The van der Waals surface area contributed by atoms with Gasteiger partial charge in [-0.25, -0.2) is 0 Å². The normalized spacial score (nSPS) is 10.3. The van der Waals surface area contributed by atoms with E-state index < -0.39 is 16.4 Å². The van der Waals surface area contributed by atoms with Crippen molar-refractivity contribution in [2.45, 2.75) is 6.54 Å². The van der Waals surface area contributed by atoms with Crippen molar-refractivity contribution in [2.24, 2.45) is 0 Å². The Balaban J connectivity index is 2.21. The van der Waals surface area contributed by atoms with Gasteiger partial charge >= 0.3 is 5.69 Å². The molecule has 0 fully saturated rings. The van der Waals surface area contributed by atoms with E-state index in [9.17, 15) is 14.5 Å². The number of hydrogen-bond donors (Lipinski definition) is 1. The predicted molar refractivity (Wildman–Crippen MR) is 79.5 cm³/mol. The van der Waals surface area contributed by atoms with Crippen LogP contribution in [-0.4, -0.2) is 4.92 Å². The van der Waals surface area contributed by atoms with Crippen molar-refractivity contribution < 1.29 is 9.31 Å². The first-order valence-corrected chi connectivity index (χ1v) is 6.77. The second kappa shape index (κ2) is 6.19. The van der Waals surface area contributed by atoms with E-state index in [1.54, 1.807) is 18.2 Å². The Bertz CT molecular complexity index is 667. The second-order valence-corrected chi connectivity index (χ2v) is 5.31. The van der Waals surface area contributed by atoms with Crippen molar-refractivity contribution >= 4 is 38.9 Å². The molecule has 0 unspecified atom stereocenters. The average Bonchev–Trinajstić information content (AvgIpc) is 2.41. The number of hydrogen-bond acceptors (Lipinski definition) is 3. The fourth-order valence-electron chi connectivity index (χ4n) is 1.67. The molecule has 2 aromatic carbocycles. The summed E-state index contributed by atoms with van der Waals surface area (Å²) in [4.78, 5) is 9.92. The molecule has 104 valence electrons. The molecule has 0 aliphatic carbocycles. The molecule has 2 aromatic rings. The van der Waals surface area contributed by atoms with Crippen molar-refractivity contribution in [3.05, 3.63) is 67.4 Å². The van der Waals surface area contributed by atoms with Gasteiger partial charge in [0.2, 0.25) is 5.82 Å². The third-order valence-corrected chi connectivity index (χ3v) is 3.48. The van der Waals surface area contributed by atoms with Crippen LogP contribution in [0.1, 0.15) is 5.56 Å². The molecule has 0 heterocycles. The summed E-state index contributed by atoms with van der Waals surface area (Å²) in [5, 5.41) is 14.1. The highest BCUT2D eigenvalue weighted by Crippen LogP contribution is 2.27. The van der Waals surface area contributed by atoms with Crippen molar-refractivity contribution in [3.63, 3.8) is 0 Å². The Morgan fingerprint density at radius 2 is 2.10 bits per heavy atom. The van der Waals surface area contributed by atoms with Gasteiger partial charge in [0.25, 0.3) is 0 Å². The Kier molecular flexibility index (Phi) is 4.57. The Hall–Kier alpha value is -1.66. The molecule has 0 amide bonds. The van der Waals surface area contributed by atoms with Crippen LogP contribution in [0.25, 0.3) is 0 Å². The van der Waals surface area contributed by atoms with Crippen LogP contribution in [-0.2, 0) is 6.54 Å². The van der Waals surface area contributed by atoms with Gasteiger partial charge in [-0.15, -0.1) is 0 Å². The van der Waals surface area contributed by atoms with Crippen LogP contribution in [0.15, 0.2) is 40.9 Å². The van der Waals surface area contributed by atoms with Crippen LogP contribution in [0.4, 0.5) is 15.8 Å². The van der Waals surface area contributed by atoms with E-state index >= 15 is 0 Å². The fraction of sp³-hybridized carbons (Fsp3) is 0.0769. The minimum absolute atomic E-state index is 0.101. The van der Waals surface area contributed by atoms with Gasteiger partial charge in [-0.3, -0.25) is 10.1 Å². The second-order valence-electron chi connectivity index (χ2n) is 3.99. The van der Waals surface area contributed by atoms with Crippen molar-refractivity contribution in [1.82, 2.24) is 0 Å². The Morgan fingerprint density at radius 1 is 1.35 bits per heavy atom. The quantitative estimate of drug-likeness (QED) is 0.632. The first-order chi connectivity index (χ1) is 9.49. The Labute approximate surface area is 127 Å². The number of rotatable bonds is 4. The van der Waals surface area contributed by atoms with Crippen LogP contribution in [0.5, 0.6) is 0 Å². The molecule has 20 heavy (non-hydrogen) atoms. The maximum Gasteiger partial charge on any atom is 0.305 e. The maximum atomic E-state index is 13.9. The minimum Gasteiger partial charge on any atom is -0.380 e. The van der Waals surface area contributed by atoms with Gasteiger partial charge < -0.3 is 5.32 Å². The summed E-state index contributed by atoms with van der Waals surface area (Å²) < 4.78 is 14.7. The highest BCUT2D eigenvalue weighted by Gasteiger charge is 2.17. The molecule has 1 N–H and O–H groups in total. The molecule has 0 saturated heterocycles. The van der Waals surface area contributed by atoms with Gasteiger partial charge in [-0.2, -0.15) is 4.39 Å². The highest BCUT2D eigenvalue weighted by atomic mass is 79.9. The van der Waals surface area contributed by atoms with Crippen LogP contribution >= 0.6 is 27.5 Å². The topological polar surface area (TPSA) is 55.2 Å². The molecule has 4 nitrogen and oxygen atoms in total. The van der Waals surface area contributed by atoms with E-state index in [2.05, 4.69) is 21.2 Å². The van der Waals surface area contributed by atoms with Crippen molar-refractivity contribution in [2.75, 3.05) is 5.32 Å². The van der Waals surface area contributed by atoms with E-state index in [4.69, 9.17) is 11.6 Å². The van der Waals surface area contributed by atoms with Gasteiger partial charge in [-0.05, 0) is 18.2 Å². The molecule has 0 saturated carbocycles. The molecule has 0 aromatic heterocycles. The number of nitro groups is 1. The summed E-state index contributed by atoms with van der Waals surface area (Å²) in [5.41, 5.74) is 0.284. The lowest BCUT2D eigenvalue weighted by Gasteiger charge is -2.09. The lowest BCUT2D eigenvalue weighted by Crippen LogP contribution is -2.04. The molecule has 0 aliphatic rings. The number of anilines is 1. The molecule has 0 atom stereocenters. The SMILES string of the molecule is O=[N+]([O-])c1cccc(CNc2cc(Br)ccc2Cl)c1F. The van der Waals surface area contributed by atoms with Crippen LogP contribution in [0, 0.1) is 15.9 Å². The monoisotopic (exact) mass is 358 g/mol. The van der Waals surface area contributed by atoms with Crippen LogP contribution in [0.3, 0.4) is 0 Å². The molecule has 0 radical (unpaired) electrons. The van der Waals surface area contributed by atoms with E-state index in [1.165, 1.54) is 12.1 Å². The molecule has 2 rings (SSSR count). The first kappa shape index (κ1) is 14.7. The zero-order valence-electron chi connectivity index (χ0n) is 10.1. The number of benzene rings is 2. The Morgan fingerprint density at radius 3 is 2.80 bits per heavy atom. The van der Waals surface area contributed by atoms with Crippen LogP contribution < -0.4 is 5.32 Å². The average molecular weight is 360 g/mol. The number of nitrogens with one attached hydrogen (secondary N) is 1. The summed E-state index contributed by atoms with van der Waals surface area (Å²) in [6, 6.07) is 9.28. The van der Waals surface area contributed by atoms with Gasteiger partial charge in [0, 0.05) is 22.6 Å². The fourth-order valence-corrected chi connectivity index (χ4v) is 2.21.